The lowest BCUT2D eigenvalue weighted by atomic mass is 10.0. The van der Waals surface area contributed by atoms with Gasteiger partial charge in [-0.2, -0.15) is 0 Å². The van der Waals surface area contributed by atoms with Crippen LogP contribution < -0.4 is 5.32 Å². The van der Waals surface area contributed by atoms with E-state index in [0.29, 0.717) is 12.1 Å². The van der Waals surface area contributed by atoms with E-state index >= 15 is 0 Å². The lowest BCUT2D eigenvalue weighted by molar-refractivity contribution is 0.0953. The van der Waals surface area contributed by atoms with E-state index < -0.39 is 0 Å². The molecule has 1 aliphatic rings. The van der Waals surface area contributed by atoms with Crippen LogP contribution in [0, 0.1) is 6.92 Å². The summed E-state index contributed by atoms with van der Waals surface area (Å²) < 4.78 is 0. The van der Waals surface area contributed by atoms with E-state index in [1.165, 1.54) is 0 Å². The minimum atomic E-state index is -0.0693. The smallest absolute Gasteiger partial charge is 0.251 e. The topological polar surface area (TPSA) is 67.2 Å². The molecule has 0 saturated carbocycles. The summed E-state index contributed by atoms with van der Waals surface area (Å²) in [5.74, 6) is -0.0693. The lowest BCUT2D eigenvalue weighted by Gasteiger charge is -2.08. The average molecular weight is 405 g/mol. The Morgan fingerprint density at radius 2 is 2.10 bits per heavy atom. The monoisotopic (exact) mass is 404 g/mol. The summed E-state index contributed by atoms with van der Waals surface area (Å²) in [5.41, 5.74) is 5.27. The first-order valence-electron chi connectivity index (χ1n) is 9.72. The molecular formula is C23H24N4OS. The first-order valence-corrected chi connectivity index (χ1v) is 10.5. The van der Waals surface area contributed by atoms with Crippen molar-refractivity contribution in [3.8, 4) is 0 Å². The van der Waals surface area contributed by atoms with Crippen LogP contribution in [0.1, 0.15) is 48.2 Å². The van der Waals surface area contributed by atoms with E-state index in [1.807, 2.05) is 30.3 Å². The third kappa shape index (κ3) is 4.22. The molecule has 1 N–H and O–H groups in total. The molecule has 0 atom stereocenters. The maximum Gasteiger partial charge on any atom is 0.251 e. The van der Waals surface area contributed by atoms with Crippen LogP contribution in [0.2, 0.25) is 0 Å². The molecule has 3 aromatic rings. The van der Waals surface area contributed by atoms with Crippen LogP contribution in [-0.2, 0) is 0 Å². The number of carbonyl (C=O) groups is 1. The van der Waals surface area contributed by atoms with Crippen LogP contribution >= 0.6 is 11.8 Å². The molecule has 5 nitrogen and oxygen atoms in total. The highest BCUT2D eigenvalue weighted by molar-refractivity contribution is 7.99. The summed E-state index contributed by atoms with van der Waals surface area (Å²) in [6.07, 6.45) is 5.38. The molecule has 0 spiro atoms. The van der Waals surface area contributed by atoms with Crippen molar-refractivity contribution in [2.75, 3.05) is 6.54 Å². The second-order valence-electron chi connectivity index (χ2n) is 6.97. The Kier molecular flexibility index (Phi) is 5.71. The third-order valence-electron chi connectivity index (χ3n) is 4.70. The summed E-state index contributed by atoms with van der Waals surface area (Å²) in [6.45, 7) is 4.85. The van der Waals surface area contributed by atoms with Gasteiger partial charge in [-0.25, -0.2) is 15.0 Å². The van der Waals surface area contributed by atoms with Crippen molar-refractivity contribution in [1.82, 2.24) is 15.3 Å². The SMILES string of the molecule is CCCCNC(=O)c1ccc2c(c1)N=C(c1cccc(C)c1)c1cncnc1S2.[HH]. The van der Waals surface area contributed by atoms with Crippen molar-refractivity contribution in [2.45, 2.75) is 36.6 Å². The number of hydrogen-bond donors (Lipinski definition) is 1. The summed E-state index contributed by atoms with van der Waals surface area (Å²) in [4.78, 5) is 27.1. The molecule has 29 heavy (non-hydrogen) atoms. The van der Waals surface area contributed by atoms with Crippen LogP contribution in [0.3, 0.4) is 0 Å². The van der Waals surface area contributed by atoms with Crippen LogP contribution in [0.5, 0.6) is 0 Å². The molecule has 1 aromatic heterocycles. The Morgan fingerprint density at radius 3 is 2.93 bits per heavy atom. The van der Waals surface area contributed by atoms with Crippen molar-refractivity contribution in [1.29, 1.82) is 0 Å². The Bertz CT molecular complexity index is 1100. The van der Waals surface area contributed by atoms with Gasteiger partial charge in [0, 0.05) is 30.2 Å². The molecular weight excluding hydrogens is 380 g/mol. The molecule has 4 rings (SSSR count). The number of benzene rings is 2. The molecule has 6 heteroatoms. The van der Waals surface area contributed by atoms with Gasteiger partial charge in [0.2, 0.25) is 0 Å². The van der Waals surface area contributed by atoms with Gasteiger partial charge in [0.1, 0.15) is 11.4 Å². The number of nitrogens with zero attached hydrogens (tertiary/aromatic N) is 3. The van der Waals surface area contributed by atoms with Crippen LogP contribution in [0.25, 0.3) is 0 Å². The molecule has 148 valence electrons. The van der Waals surface area contributed by atoms with Gasteiger partial charge in [-0.15, -0.1) is 0 Å². The predicted molar refractivity (Wildman–Crippen MR) is 118 cm³/mol. The highest BCUT2D eigenvalue weighted by atomic mass is 32.2. The Labute approximate surface area is 176 Å². The summed E-state index contributed by atoms with van der Waals surface area (Å²) >= 11 is 1.55. The van der Waals surface area contributed by atoms with Gasteiger partial charge in [-0.05, 0) is 37.6 Å². The van der Waals surface area contributed by atoms with E-state index in [-0.39, 0.29) is 7.33 Å². The largest absolute Gasteiger partial charge is 0.352 e. The van der Waals surface area contributed by atoms with E-state index in [2.05, 4.69) is 41.3 Å². The lowest BCUT2D eigenvalue weighted by Crippen LogP contribution is -2.24. The number of carbonyl (C=O) groups excluding carboxylic acids is 1. The normalized spacial score (nSPS) is 12.4. The zero-order valence-corrected chi connectivity index (χ0v) is 17.3. The molecule has 0 radical (unpaired) electrons. The fourth-order valence-corrected chi connectivity index (χ4v) is 4.09. The average Bonchev–Trinajstić information content (AvgIpc) is 2.90. The summed E-state index contributed by atoms with van der Waals surface area (Å²) in [5, 5.41) is 3.83. The van der Waals surface area contributed by atoms with E-state index in [1.54, 1.807) is 24.3 Å². The quantitative estimate of drug-likeness (QED) is 0.367. The van der Waals surface area contributed by atoms with E-state index in [9.17, 15) is 4.79 Å². The van der Waals surface area contributed by atoms with Crippen molar-refractivity contribution in [2.24, 2.45) is 4.99 Å². The predicted octanol–water partition coefficient (Wildman–Crippen LogP) is 5.19. The molecule has 2 heterocycles. The summed E-state index contributed by atoms with van der Waals surface area (Å²) in [7, 11) is 0. The minimum absolute atomic E-state index is 0. The number of aliphatic imine (C=N–C) groups is 1. The van der Waals surface area contributed by atoms with Crippen LogP contribution in [-0.4, -0.2) is 28.1 Å². The molecule has 0 fully saturated rings. The van der Waals surface area contributed by atoms with Crippen molar-refractivity contribution < 1.29 is 6.22 Å². The van der Waals surface area contributed by atoms with Crippen molar-refractivity contribution in [3.63, 3.8) is 0 Å². The van der Waals surface area contributed by atoms with Crippen LogP contribution in [0.15, 0.2) is 69.9 Å². The number of aromatic nitrogens is 2. The fraction of sp³-hybridized carbons (Fsp3) is 0.217. The number of aryl methyl sites for hydroxylation is 1. The Balaban J connectivity index is 0.00000256. The van der Waals surface area contributed by atoms with Gasteiger partial charge >= 0.3 is 0 Å². The van der Waals surface area contributed by atoms with Gasteiger partial charge in [0.25, 0.3) is 5.91 Å². The number of fused-ring (bicyclic) bond motifs is 2. The number of rotatable bonds is 5. The van der Waals surface area contributed by atoms with Crippen molar-refractivity contribution in [3.05, 3.63) is 77.2 Å². The van der Waals surface area contributed by atoms with Gasteiger partial charge in [0.05, 0.1) is 17.0 Å². The van der Waals surface area contributed by atoms with E-state index in [4.69, 9.17) is 4.99 Å². The second kappa shape index (κ2) is 8.57. The molecule has 0 unspecified atom stereocenters. The number of unbranched alkanes of at least 4 members (excludes halogenated alkanes) is 1. The minimum Gasteiger partial charge on any atom is -0.352 e. The Hall–Kier alpha value is -2.99. The summed E-state index contributed by atoms with van der Waals surface area (Å²) in [6, 6.07) is 13.9. The molecule has 0 bridgehead atoms. The van der Waals surface area contributed by atoms with Crippen LogP contribution in [0.4, 0.5) is 5.69 Å². The maximum absolute atomic E-state index is 12.5. The highest BCUT2D eigenvalue weighted by Crippen LogP contribution is 2.40. The first kappa shape index (κ1) is 19.3. The van der Waals surface area contributed by atoms with Crippen molar-refractivity contribution >= 4 is 29.1 Å². The number of hydrogen-bond acceptors (Lipinski definition) is 5. The zero-order chi connectivity index (χ0) is 20.2. The number of nitrogens with one attached hydrogen (secondary N) is 1. The maximum atomic E-state index is 12.5. The zero-order valence-electron chi connectivity index (χ0n) is 16.5. The molecule has 0 saturated heterocycles. The van der Waals surface area contributed by atoms with Gasteiger partial charge < -0.3 is 5.32 Å². The molecule has 0 aliphatic carbocycles. The van der Waals surface area contributed by atoms with Gasteiger partial charge in [-0.1, -0.05) is 48.9 Å². The second-order valence-corrected chi connectivity index (χ2v) is 8.00. The molecule has 1 aliphatic heterocycles. The number of amides is 1. The van der Waals surface area contributed by atoms with E-state index in [0.717, 1.165) is 50.9 Å². The Morgan fingerprint density at radius 1 is 1.21 bits per heavy atom. The third-order valence-corrected chi connectivity index (χ3v) is 5.78. The molecule has 1 amide bonds. The highest BCUT2D eigenvalue weighted by Gasteiger charge is 2.21. The first-order chi connectivity index (χ1) is 14.2. The van der Waals surface area contributed by atoms with Gasteiger partial charge in [-0.3, -0.25) is 4.79 Å². The standard InChI is InChI=1S/C23H22N4OS.H2/c1-3-4-10-25-22(28)17-8-9-20-19(12-17)27-21(16-7-5-6-15(2)11-16)18-13-24-14-26-23(18)29-20;/h5-9,11-14H,3-4,10H2,1-2H3,(H,25,28);1H. The van der Waals surface area contributed by atoms with Gasteiger partial charge in [0.15, 0.2) is 0 Å². The molecule has 2 aromatic carbocycles. The fourth-order valence-electron chi connectivity index (χ4n) is 3.17.